The van der Waals surface area contributed by atoms with Crippen molar-refractivity contribution in [2.75, 3.05) is 0 Å². The summed E-state index contributed by atoms with van der Waals surface area (Å²) in [5, 5.41) is 15.2. The number of rotatable bonds is 4. The minimum atomic E-state index is -5.40. The van der Waals surface area contributed by atoms with Gasteiger partial charge >= 0.3 is 12.2 Å². The molecule has 34 heavy (non-hydrogen) atoms. The molecular formula is C22H14Cl3F3N2O4. The highest BCUT2D eigenvalue weighted by molar-refractivity contribution is 6.36. The van der Waals surface area contributed by atoms with Gasteiger partial charge in [0.05, 0.1) is 5.02 Å². The first-order chi connectivity index (χ1) is 15.9. The van der Waals surface area contributed by atoms with Gasteiger partial charge in [-0.2, -0.15) is 13.2 Å². The van der Waals surface area contributed by atoms with Gasteiger partial charge in [0.25, 0.3) is 0 Å². The predicted molar refractivity (Wildman–Crippen MR) is 119 cm³/mol. The first kappa shape index (κ1) is 24.4. The third-order valence-corrected chi connectivity index (χ3v) is 6.15. The summed E-state index contributed by atoms with van der Waals surface area (Å²) in [6.45, 7) is 0. The fraction of sp³-hybridized carbons (Fsp3) is 0.182. The van der Waals surface area contributed by atoms with Crippen LogP contribution in [-0.2, 0) is 0 Å². The van der Waals surface area contributed by atoms with E-state index in [4.69, 9.17) is 39.2 Å². The average molecular weight is 534 g/mol. The van der Waals surface area contributed by atoms with E-state index in [0.29, 0.717) is 10.6 Å². The second-order valence-corrected chi connectivity index (χ2v) is 8.80. The predicted octanol–water partition coefficient (Wildman–Crippen LogP) is 6.01. The summed E-state index contributed by atoms with van der Waals surface area (Å²) in [6.07, 6.45) is -5.40. The highest BCUT2D eigenvalue weighted by atomic mass is 35.5. The van der Waals surface area contributed by atoms with Crippen molar-refractivity contribution in [2.24, 2.45) is 5.92 Å². The summed E-state index contributed by atoms with van der Waals surface area (Å²) in [7, 11) is 0. The van der Waals surface area contributed by atoms with E-state index in [-0.39, 0.29) is 27.1 Å². The van der Waals surface area contributed by atoms with E-state index >= 15 is 0 Å². The van der Waals surface area contributed by atoms with Gasteiger partial charge in [0.1, 0.15) is 23.5 Å². The molecule has 3 atom stereocenters. The van der Waals surface area contributed by atoms with Gasteiger partial charge in [-0.1, -0.05) is 34.8 Å². The highest BCUT2D eigenvalue weighted by Crippen LogP contribution is 2.45. The molecule has 3 aromatic rings. The lowest BCUT2D eigenvalue weighted by molar-refractivity contribution is -0.288. The maximum atomic E-state index is 14.0. The molecule has 178 valence electrons. The van der Waals surface area contributed by atoms with Crippen LogP contribution in [0.3, 0.4) is 0 Å². The van der Waals surface area contributed by atoms with E-state index in [0.717, 1.165) is 0 Å². The second-order valence-electron chi connectivity index (χ2n) is 7.52. The molecule has 12 heteroatoms. The molecule has 1 aliphatic rings. The lowest BCUT2D eigenvalue weighted by Crippen LogP contribution is -2.72. The summed E-state index contributed by atoms with van der Waals surface area (Å²) in [6, 6.07) is 9.27. The fourth-order valence-corrected chi connectivity index (χ4v) is 4.35. The fourth-order valence-electron chi connectivity index (χ4n) is 3.72. The Labute approximate surface area is 205 Å². The Morgan fingerprint density at radius 3 is 2.26 bits per heavy atom. The number of carbonyl (C=O) groups excluding carboxylic acids is 2. The first-order valence-electron chi connectivity index (χ1n) is 9.63. The largest absolute Gasteiger partial charge is 0.459 e. The summed E-state index contributed by atoms with van der Waals surface area (Å²) in [5.74, 6) is -3.40. The number of urea groups is 1. The van der Waals surface area contributed by atoms with Gasteiger partial charge in [-0.3, -0.25) is 4.79 Å². The van der Waals surface area contributed by atoms with Crippen LogP contribution in [0.5, 0.6) is 0 Å². The number of ketones is 1. The molecule has 1 aromatic heterocycles. The topological polar surface area (TPSA) is 91.6 Å². The van der Waals surface area contributed by atoms with Crippen LogP contribution in [-0.4, -0.2) is 28.8 Å². The van der Waals surface area contributed by atoms with Gasteiger partial charge in [-0.15, -0.1) is 0 Å². The van der Waals surface area contributed by atoms with Crippen LogP contribution < -0.4 is 10.6 Å². The zero-order valence-electron chi connectivity index (χ0n) is 16.8. The van der Waals surface area contributed by atoms with Crippen molar-refractivity contribution in [3.05, 3.63) is 81.0 Å². The number of aliphatic hydroxyl groups is 1. The summed E-state index contributed by atoms with van der Waals surface area (Å²) >= 11 is 17.9. The van der Waals surface area contributed by atoms with Crippen molar-refractivity contribution in [1.82, 2.24) is 10.6 Å². The number of hydrogen-bond donors (Lipinski definition) is 3. The second kappa shape index (κ2) is 8.81. The number of carbonyl (C=O) groups is 2. The molecule has 4 rings (SSSR count). The minimum absolute atomic E-state index is 0.151. The molecular weight excluding hydrogens is 520 g/mol. The number of hydrogen-bond acceptors (Lipinski definition) is 4. The Kier molecular flexibility index (Phi) is 6.32. The summed E-state index contributed by atoms with van der Waals surface area (Å²) in [4.78, 5) is 25.4. The van der Waals surface area contributed by atoms with Gasteiger partial charge < -0.3 is 20.2 Å². The Bertz CT molecular complexity index is 1260. The average Bonchev–Trinajstić information content (AvgIpc) is 3.22. The molecule has 2 amide bonds. The third-order valence-electron chi connectivity index (χ3n) is 5.35. The van der Waals surface area contributed by atoms with Crippen LogP contribution >= 0.6 is 34.8 Å². The lowest BCUT2D eigenvalue weighted by atomic mass is 9.79. The van der Waals surface area contributed by atoms with Crippen molar-refractivity contribution in [3.63, 3.8) is 0 Å². The van der Waals surface area contributed by atoms with Crippen LogP contribution in [0.2, 0.25) is 15.1 Å². The van der Waals surface area contributed by atoms with Crippen molar-refractivity contribution in [2.45, 2.75) is 17.9 Å². The van der Waals surface area contributed by atoms with Crippen molar-refractivity contribution in [1.29, 1.82) is 0 Å². The van der Waals surface area contributed by atoms with E-state index in [1.54, 1.807) is 0 Å². The smallest absolute Gasteiger partial charge is 0.437 e. The van der Waals surface area contributed by atoms with Crippen LogP contribution in [0.4, 0.5) is 18.0 Å². The zero-order valence-corrected chi connectivity index (χ0v) is 19.1. The van der Waals surface area contributed by atoms with E-state index in [9.17, 15) is 27.9 Å². The summed E-state index contributed by atoms with van der Waals surface area (Å²) < 4.78 is 47.7. The molecule has 0 unspecified atom stereocenters. The van der Waals surface area contributed by atoms with Crippen LogP contribution in [0, 0.1) is 5.92 Å². The molecule has 0 spiro atoms. The Morgan fingerprint density at radius 2 is 1.65 bits per heavy atom. The SMILES string of the molecule is O=C1N[C@H](c2ccc(-c3ccc(Cl)cc3Cl)o2)[C@H](C(=O)c2ccc(Cl)cc2)[C@@](O)(C(F)(F)F)N1. The number of nitrogens with one attached hydrogen (secondary N) is 2. The monoisotopic (exact) mass is 532 g/mol. The summed E-state index contributed by atoms with van der Waals surface area (Å²) in [5.41, 5.74) is -3.67. The van der Waals surface area contributed by atoms with E-state index in [1.807, 2.05) is 0 Å². The maximum Gasteiger partial charge on any atom is 0.437 e. The van der Waals surface area contributed by atoms with Gasteiger partial charge in [-0.05, 0) is 54.6 Å². The van der Waals surface area contributed by atoms with Crippen molar-refractivity contribution < 1.29 is 32.3 Å². The van der Waals surface area contributed by atoms with Gasteiger partial charge in [0.15, 0.2) is 5.78 Å². The molecule has 0 radical (unpaired) electrons. The number of amides is 2. The quantitative estimate of drug-likeness (QED) is 0.358. The Morgan fingerprint density at radius 1 is 1.00 bits per heavy atom. The Hall–Kier alpha value is -2.72. The van der Waals surface area contributed by atoms with Gasteiger partial charge in [0, 0.05) is 21.2 Å². The molecule has 0 saturated carbocycles. The normalized spacial score (nSPS) is 22.7. The van der Waals surface area contributed by atoms with Gasteiger partial charge in [-0.25, -0.2) is 4.79 Å². The van der Waals surface area contributed by atoms with Crippen LogP contribution in [0.1, 0.15) is 22.2 Å². The first-order valence-corrected chi connectivity index (χ1v) is 10.8. The molecule has 1 fully saturated rings. The molecule has 1 aliphatic heterocycles. The van der Waals surface area contributed by atoms with E-state index in [1.165, 1.54) is 59.9 Å². The molecule has 6 nitrogen and oxygen atoms in total. The number of furan rings is 1. The maximum absolute atomic E-state index is 14.0. The molecule has 0 aliphatic carbocycles. The number of alkyl halides is 3. The number of benzene rings is 2. The minimum Gasteiger partial charge on any atom is -0.459 e. The standard InChI is InChI=1S/C22H14Cl3F3N2O4/c23-11-3-1-10(2-4-11)19(31)17-18(29-20(32)30-21(17,33)22(26,27)28)16-8-7-15(34-16)13-6-5-12(24)9-14(13)25/h1-9,17-18,33H,(H2,29,30,32)/t17-,18-,21-/m1/s1. The molecule has 3 N–H and O–H groups in total. The highest BCUT2D eigenvalue weighted by Gasteiger charge is 2.66. The molecule has 1 saturated heterocycles. The van der Waals surface area contributed by atoms with E-state index in [2.05, 4.69) is 5.32 Å². The number of halogens is 6. The van der Waals surface area contributed by atoms with Crippen molar-refractivity contribution in [3.8, 4) is 11.3 Å². The Balaban J connectivity index is 1.82. The number of Topliss-reactive ketones (excluding diaryl/α,β-unsaturated/α-hetero) is 1. The molecule has 0 bridgehead atoms. The third kappa shape index (κ3) is 4.36. The lowest BCUT2D eigenvalue weighted by Gasteiger charge is -2.44. The van der Waals surface area contributed by atoms with Crippen LogP contribution in [0.25, 0.3) is 11.3 Å². The molecule has 2 heterocycles. The molecule has 2 aromatic carbocycles. The van der Waals surface area contributed by atoms with Crippen molar-refractivity contribution >= 4 is 46.6 Å². The van der Waals surface area contributed by atoms with Gasteiger partial charge in [0.2, 0.25) is 5.72 Å². The zero-order chi connectivity index (χ0) is 24.8. The van der Waals surface area contributed by atoms with Crippen LogP contribution in [0.15, 0.2) is 59.0 Å². The van der Waals surface area contributed by atoms with E-state index < -0.39 is 35.7 Å².